The maximum atomic E-state index is 10.9. The van der Waals surface area contributed by atoms with E-state index in [-0.39, 0.29) is 0 Å². The van der Waals surface area contributed by atoms with E-state index in [9.17, 15) is 4.79 Å². The van der Waals surface area contributed by atoms with E-state index in [0.717, 1.165) is 21.9 Å². The van der Waals surface area contributed by atoms with Gasteiger partial charge in [0.25, 0.3) is 0 Å². The van der Waals surface area contributed by atoms with Crippen molar-refractivity contribution >= 4 is 17.3 Å². The number of carboxylic acids is 1. The van der Waals surface area contributed by atoms with Crippen molar-refractivity contribution in [3.63, 3.8) is 0 Å². The Kier molecular flexibility index (Phi) is 4.01. The number of nitrogens with zero attached hydrogens (tertiary/aromatic N) is 2. The maximum absolute atomic E-state index is 10.9. The molecule has 2 rings (SSSR count). The van der Waals surface area contributed by atoms with E-state index < -0.39 is 5.97 Å². The highest BCUT2D eigenvalue weighted by Gasteiger charge is 2.13. The molecule has 2 aromatic heterocycles. The normalized spacial score (nSPS) is 11.2. The van der Waals surface area contributed by atoms with Crippen LogP contribution in [0.3, 0.4) is 0 Å². The van der Waals surface area contributed by atoms with Crippen LogP contribution in [-0.4, -0.2) is 28.2 Å². The van der Waals surface area contributed by atoms with E-state index in [1.165, 1.54) is 11.3 Å². The van der Waals surface area contributed by atoms with Crippen LogP contribution < -0.4 is 0 Å². The molecule has 0 aromatic carbocycles. The molecule has 0 saturated heterocycles. The summed E-state index contributed by atoms with van der Waals surface area (Å²) in [5.41, 5.74) is 1.93. The first-order valence-corrected chi connectivity index (χ1v) is 6.70. The van der Waals surface area contributed by atoms with Crippen LogP contribution in [0.1, 0.15) is 31.6 Å². The minimum absolute atomic E-state index is 0.387. The Balaban J connectivity index is 2.02. The molecule has 0 aliphatic rings. The van der Waals surface area contributed by atoms with Gasteiger partial charge >= 0.3 is 5.97 Å². The molecule has 102 valence electrons. The maximum Gasteiger partial charge on any atom is 0.345 e. The van der Waals surface area contributed by atoms with Crippen LogP contribution in [0, 0.1) is 13.8 Å². The van der Waals surface area contributed by atoms with Crippen molar-refractivity contribution in [3.8, 4) is 0 Å². The first kappa shape index (κ1) is 13.8. The van der Waals surface area contributed by atoms with Gasteiger partial charge in [-0.3, -0.25) is 4.90 Å². The number of aromatic nitrogens is 1. The van der Waals surface area contributed by atoms with Gasteiger partial charge in [0.2, 0.25) is 0 Å². The van der Waals surface area contributed by atoms with Gasteiger partial charge in [0.1, 0.15) is 10.6 Å². The zero-order valence-corrected chi connectivity index (χ0v) is 12.0. The van der Waals surface area contributed by atoms with Crippen LogP contribution >= 0.6 is 11.3 Å². The highest BCUT2D eigenvalue weighted by atomic mass is 32.1. The van der Waals surface area contributed by atoms with Crippen molar-refractivity contribution in [1.29, 1.82) is 0 Å². The molecule has 19 heavy (non-hydrogen) atoms. The molecule has 0 aliphatic heterocycles. The molecule has 0 radical (unpaired) electrons. The van der Waals surface area contributed by atoms with Gasteiger partial charge in [-0.1, -0.05) is 5.16 Å². The van der Waals surface area contributed by atoms with Crippen LogP contribution in [0.4, 0.5) is 0 Å². The average molecular weight is 280 g/mol. The number of thiophene rings is 1. The molecule has 0 atom stereocenters. The summed E-state index contributed by atoms with van der Waals surface area (Å²) in [5, 5.41) is 12.9. The predicted molar refractivity (Wildman–Crippen MR) is 72.4 cm³/mol. The lowest BCUT2D eigenvalue weighted by molar-refractivity contribution is 0.0702. The monoisotopic (exact) mass is 280 g/mol. The highest BCUT2D eigenvalue weighted by molar-refractivity contribution is 7.14. The summed E-state index contributed by atoms with van der Waals surface area (Å²) in [6, 6.07) is 3.65. The standard InChI is InChI=1S/C13H16N2O3S/c1-8-4-11(14-18-8)7-15(3)6-10-5-12(13(16)17)19-9(10)2/h4-5H,6-7H2,1-3H3,(H,16,17). The lowest BCUT2D eigenvalue weighted by Gasteiger charge is -2.14. The number of rotatable bonds is 5. The molecule has 2 aromatic rings. The molecular weight excluding hydrogens is 264 g/mol. The summed E-state index contributed by atoms with van der Waals surface area (Å²) in [6.45, 7) is 5.18. The van der Waals surface area contributed by atoms with Gasteiger partial charge in [-0.2, -0.15) is 0 Å². The Morgan fingerprint density at radius 2 is 2.16 bits per heavy atom. The molecule has 0 aliphatic carbocycles. The zero-order chi connectivity index (χ0) is 14.0. The molecule has 0 unspecified atom stereocenters. The smallest absolute Gasteiger partial charge is 0.345 e. The summed E-state index contributed by atoms with van der Waals surface area (Å²) < 4.78 is 5.02. The second kappa shape index (κ2) is 5.54. The van der Waals surface area contributed by atoms with Crippen LogP contribution in [-0.2, 0) is 13.1 Å². The van der Waals surface area contributed by atoms with Crippen LogP contribution in [0.15, 0.2) is 16.7 Å². The van der Waals surface area contributed by atoms with Crippen LogP contribution in [0.25, 0.3) is 0 Å². The summed E-state index contributed by atoms with van der Waals surface area (Å²) in [7, 11) is 1.97. The Bertz CT molecular complexity index is 588. The Morgan fingerprint density at radius 3 is 2.68 bits per heavy atom. The van der Waals surface area contributed by atoms with E-state index in [2.05, 4.69) is 10.1 Å². The van der Waals surface area contributed by atoms with Crippen molar-refractivity contribution in [2.24, 2.45) is 0 Å². The largest absolute Gasteiger partial charge is 0.477 e. The van der Waals surface area contributed by atoms with E-state index in [1.54, 1.807) is 6.07 Å². The van der Waals surface area contributed by atoms with Gasteiger partial charge < -0.3 is 9.63 Å². The molecule has 0 amide bonds. The third-order valence-corrected chi connectivity index (χ3v) is 3.86. The van der Waals surface area contributed by atoms with E-state index in [0.29, 0.717) is 18.0 Å². The van der Waals surface area contributed by atoms with E-state index in [1.807, 2.05) is 27.0 Å². The van der Waals surface area contributed by atoms with Gasteiger partial charge in [0.05, 0.1) is 5.69 Å². The second-order valence-corrected chi connectivity index (χ2v) is 5.85. The topological polar surface area (TPSA) is 66.6 Å². The molecule has 0 spiro atoms. The average Bonchev–Trinajstić information content (AvgIpc) is 2.86. The highest BCUT2D eigenvalue weighted by Crippen LogP contribution is 2.23. The first-order valence-electron chi connectivity index (χ1n) is 5.89. The number of carbonyl (C=O) groups is 1. The number of carboxylic acid groups (broad SMARTS) is 1. The summed E-state index contributed by atoms with van der Waals surface area (Å²) in [4.78, 5) is 14.4. The van der Waals surface area contributed by atoms with Crippen LogP contribution in [0.5, 0.6) is 0 Å². The Labute approximate surface area is 115 Å². The Morgan fingerprint density at radius 1 is 1.42 bits per heavy atom. The molecule has 2 heterocycles. The Hall–Kier alpha value is -1.66. The molecule has 6 heteroatoms. The van der Waals surface area contributed by atoms with Crippen molar-refractivity contribution in [1.82, 2.24) is 10.1 Å². The van der Waals surface area contributed by atoms with Crippen molar-refractivity contribution < 1.29 is 14.4 Å². The molecule has 5 nitrogen and oxygen atoms in total. The number of aromatic carboxylic acids is 1. The van der Waals surface area contributed by atoms with Gasteiger partial charge in [0.15, 0.2) is 0 Å². The van der Waals surface area contributed by atoms with Gasteiger partial charge in [-0.15, -0.1) is 11.3 Å². The fourth-order valence-electron chi connectivity index (χ4n) is 1.90. The quantitative estimate of drug-likeness (QED) is 0.912. The molecule has 0 bridgehead atoms. The second-order valence-electron chi connectivity index (χ2n) is 4.60. The molecule has 0 fully saturated rings. The minimum Gasteiger partial charge on any atom is -0.477 e. The molecular formula is C13H16N2O3S. The summed E-state index contributed by atoms with van der Waals surface area (Å²) >= 11 is 1.31. The lowest BCUT2D eigenvalue weighted by Crippen LogP contribution is -2.17. The predicted octanol–water partition coefficient (Wildman–Crippen LogP) is 2.68. The molecule has 0 saturated carbocycles. The zero-order valence-electron chi connectivity index (χ0n) is 11.1. The van der Waals surface area contributed by atoms with Crippen LogP contribution in [0.2, 0.25) is 0 Å². The SMILES string of the molecule is Cc1cc(CN(C)Cc2cc(C(=O)O)sc2C)no1. The molecule has 1 N–H and O–H groups in total. The lowest BCUT2D eigenvalue weighted by atomic mass is 10.2. The van der Waals surface area contributed by atoms with Gasteiger partial charge in [0, 0.05) is 24.0 Å². The summed E-state index contributed by atoms with van der Waals surface area (Å²) in [6.07, 6.45) is 0. The summed E-state index contributed by atoms with van der Waals surface area (Å²) in [5.74, 6) is -0.0718. The number of hydrogen-bond donors (Lipinski definition) is 1. The van der Waals surface area contributed by atoms with Gasteiger partial charge in [-0.25, -0.2) is 4.79 Å². The third-order valence-electron chi connectivity index (χ3n) is 2.78. The minimum atomic E-state index is -0.867. The van der Waals surface area contributed by atoms with E-state index >= 15 is 0 Å². The van der Waals surface area contributed by atoms with Crippen molar-refractivity contribution in [2.75, 3.05) is 7.05 Å². The van der Waals surface area contributed by atoms with Crippen molar-refractivity contribution in [3.05, 3.63) is 38.9 Å². The third kappa shape index (κ3) is 3.42. The fourth-order valence-corrected chi connectivity index (χ4v) is 2.77. The number of aryl methyl sites for hydroxylation is 2. The number of hydrogen-bond acceptors (Lipinski definition) is 5. The van der Waals surface area contributed by atoms with Gasteiger partial charge in [-0.05, 0) is 32.5 Å². The van der Waals surface area contributed by atoms with E-state index in [4.69, 9.17) is 9.63 Å². The fraction of sp³-hybridized carbons (Fsp3) is 0.385. The van der Waals surface area contributed by atoms with Crippen molar-refractivity contribution in [2.45, 2.75) is 26.9 Å². The first-order chi connectivity index (χ1) is 8.95.